The lowest BCUT2D eigenvalue weighted by molar-refractivity contribution is 0.0602. The molecule has 1 aromatic carbocycles. The van der Waals surface area contributed by atoms with Crippen molar-refractivity contribution in [3.63, 3.8) is 0 Å². The van der Waals surface area contributed by atoms with Gasteiger partial charge in [0.2, 0.25) is 0 Å². The number of ether oxygens (including phenoxy) is 1. The highest BCUT2D eigenvalue weighted by Crippen LogP contribution is 2.24. The minimum absolute atomic E-state index is 0.134. The van der Waals surface area contributed by atoms with E-state index in [1.165, 1.54) is 0 Å². The van der Waals surface area contributed by atoms with Crippen LogP contribution in [-0.4, -0.2) is 60.8 Å². The Bertz CT molecular complexity index is 421. The summed E-state index contributed by atoms with van der Waals surface area (Å²) in [6.07, 6.45) is 0.709. The first-order valence-electron chi connectivity index (χ1n) is 7.95. The maximum Gasteiger partial charge on any atom is 0.119 e. The topological polar surface area (TPSA) is 35.9 Å². The Morgan fingerprint density at radius 1 is 1.14 bits per heavy atom. The molecule has 0 aromatic heterocycles. The van der Waals surface area contributed by atoms with Gasteiger partial charge in [0.25, 0.3) is 0 Å². The maximum atomic E-state index is 10.6. The molecule has 4 nitrogen and oxygen atoms in total. The van der Waals surface area contributed by atoms with E-state index in [4.69, 9.17) is 4.74 Å². The van der Waals surface area contributed by atoms with Crippen LogP contribution in [0.5, 0.6) is 5.75 Å². The molecule has 1 aromatic rings. The molecular weight excluding hydrogens is 264 g/mol. The van der Waals surface area contributed by atoms with Crippen LogP contribution in [0.15, 0.2) is 24.3 Å². The number of aliphatic hydroxyl groups is 1. The molecule has 2 atom stereocenters. The van der Waals surface area contributed by atoms with Crippen molar-refractivity contribution in [2.75, 3.05) is 39.8 Å². The number of likely N-dealkylation sites (N-methyl/N-ethyl adjacent to an activating group) is 1. The van der Waals surface area contributed by atoms with Crippen molar-refractivity contribution in [3.8, 4) is 5.75 Å². The SMILES string of the molecule is CCOc1ccc([C@H](O)[C@@H](C)N2CCCN(C)CC2)cc1. The van der Waals surface area contributed by atoms with Crippen molar-refractivity contribution in [2.45, 2.75) is 32.4 Å². The number of hydrogen-bond donors (Lipinski definition) is 1. The summed E-state index contributed by atoms with van der Waals surface area (Å²) in [6.45, 7) is 9.04. The molecule has 0 radical (unpaired) electrons. The fourth-order valence-electron chi connectivity index (χ4n) is 2.88. The lowest BCUT2D eigenvalue weighted by Crippen LogP contribution is -2.39. The van der Waals surface area contributed by atoms with Crippen molar-refractivity contribution in [1.29, 1.82) is 0 Å². The summed E-state index contributed by atoms with van der Waals surface area (Å²) < 4.78 is 5.45. The molecule has 1 fully saturated rings. The highest BCUT2D eigenvalue weighted by Gasteiger charge is 2.24. The zero-order chi connectivity index (χ0) is 15.2. The van der Waals surface area contributed by atoms with E-state index >= 15 is 0 Å². The van der Waals surface area contributed by atoms with E-state index < -0.39 is 6.10 Å². The Morgan fingerprint density at radius 3 is 2.52 bits per heavy atom. The summed E-state index contributed by atoms with van der Waals surface area (Å²) in [5.41, 5.74) is 0.962. The van der Waals surface area contributed by atoms with E-state index in [-0.39, 0.29) is 6.04 Å². The lowest BCUT2D eigenvalue weighted by Gasteiger charge is -2.31. The molecule has 0 amide bonds. The summed E-state index contributed by atoms with van der Waals surface area (Å²) in [5, 5.41) is 10.6. The zero-order valence-electron chi connectivity index (χ0n) is 13.5. The molecule has 0 aliphatic carbocycles. The molecular formula is C17H28N2O2. The predicted octanol–water partition coefficient (Wildman–Crippen LogP) is 2.14. The minimum atomic E-state index is -0.455. The normalized spacial score (nSPS) is 20.8. The number of hydrogen-bond acceptors (Lipinski definition) is 4. The lowest BCUT2D eigenvalue weighted by atomic mass is 10.0. The first-order chi connectivity index (χ1) is 10.1. The maximum absolute atomic E-state index is 10.6. The number of nitrogens with zero attached hydrogens (tertiary/aromatic N) is 2. The molecule has 1 N–H and O–H groups in total. The number of aliphatic hydroxyl groups excluding tert-OH is 1. The second kappa shape index (κ2) is 7.78. The standard InChI is InChI=1S/C17H28N2O2/c1-4-21-16-8-6-15(7-9-16)17(20)14(2)19-11-5-10-18(3)12-13-19/h6-9,14,17,20H,4-5,10-13H2,1-3H3/t14-,17-/m1/s1. The number of rotatable bonds is 5. The van der Waals surface area contributed by atoms with Gasteiger partial charge < -0.3 is 14.7 Å². The molecule has 4 heteroatoms. The molecule has 118 valence electrons. The molecule has 0 bridgehead atoms. The van der Waals surface area contributed by atoms with Gasteiger partial charge in [-0.25, -0.2) is 0 Å². The minimum Gasteiger partial charge on any atom is -0.494 e. The predicted molar refractivity (Wildman–Crippen MR) is 85.7 cm³/mol. The molecule has 1 aliphatic rings. The molecule has 0 unspecified atom stereocenters. The molecule has 0 saturated carbocycles. The van der Waals surface area contributed by atoms with Crippen molar-refractivity contribution < 1.29 is 9.84 Å². The van der Waals surface area contributed by atoms with Crippen LogP contribution in [-0.2, 0) is 0 Å². The fourth-order valence-corrected chi connectivity index (χ4v) is 2.88. The van der Waals surface area contributed by atoms with Crippen LogP contribution in [0, 0.1) is 0 Å². The third kappa shape index (κ3) is 4.43. The van der Waals surface area contributed by atoms with Crippen LogP contribution in [0.3, 0.4) is 0 Å². The van der Waals surface area contributed by atoms with Gasteiger partial charge in [0.15, 0.2) is 0 Å². The second-order valence-corrected chi connectivity index (χ2v) is 5.88. The zero-order valence-corrected chi connectivity index (χ0v) is 13.5. The molecule has 2 rings (SSSR count). The van der Waals surface area contributed by atoms with Gasteiger partial charge in [-0.15, -0.1) is 0 Å². The van der Waals surface area contributed by atoms with Crippen molar-refractivity contribution in [2.24, 2.45) is 0 Å². The Hall–Kier alpha value is -1.10. The highest BCUT2D eigenvalue weighted by molar-refractivity contribution is 5.29. The van der Waals surface area contributed by atoms with Crippen LogP contribution in [0.4, 0.5) is 0 Å². The fraction of sp³-hybridized carbons (Fsp3) is 0.647. The van der Waals surface area contributed by atoms with Crippen molar-refractivity contribution in [1.82, 2.24) is 9.80 Å². The van der Waals surface area contributed by atoms with Gasteiger partial charge in [0.05, 0.1) is 12.7 Å². The second-order valence-electron chi connectivity index (χ2n) is 5.88. The summed E-state index contributed by atoms with van der Waals surface area (Å²) in [4.78, 5) is 4.75. The van der Waals surface area contributed by atoms with Crippen LogP contribution in [0.2, 0.25) is 0 Å². The van der Waals surface area contributed by atoms with Gasteiger partial charge in [-0.05, 0) is 58.1 Å². The summed E-state index contributed by atoms with van der Waals surface area (Å²) >= 11 is 0. The molecule has 1 saturated heterocycles. The van der Waals surface area contributed by atoms with Gasteiger partial charge in [-0.3, -0.25) is 4.90 Å². The van der Waals surface area contributed by atoms with Crippen LogP contribution < -0.4 is 4.74 Å². The Labute approximate surface area is 128 Å². The van der Waals surface area contributed by atoms with Crippen LogP contribution in [0.25, 0.3) is 0 Å². The van der Waals surface area contributed by atoms with E-state index in [1.807, 2.05) is 31.2 Å². The van der Waals surface area contributed by atoms with E-state index in [1.54, 1.807) is 0 Å². The van der Waals surface area contributed by atoms with E-state index in [0.29, 0.717) is 6.61 Å². The number of benzene rings is 1. The molecule has 1 heterocycles. The summed E-state index contributed by atoms with van der Waals surface area (Å²) in [6, 6.07) is 7.94. The monoisotopic (exact) mass is 292 g/mol. The van der Waals surface area contributed by atoms with Gasteiger partial charge in [-0.1, -0.05) is 12.1 Å². The van der Waals surface area contributed by atoms with Gasteiger partial charge in [-0.2, -0.15) is 0 Å². The highest BCUT2D eigenvalue weighted by atomic mass is 16.5. The van der Waals surface area contributed by atoms with E-state index in [9.17, 15) is 5.11 Å². The van der Waals surface area contributed by atoms with E-state index in [2.05, 4.69) is 23.8 Å². The van der Waals surface area contributed by atoms with Crippen LogP contribution in [0.1, 0.15) is 31.9 Å². The van der Waals surface area contributed by atoms with Crippen molar-refractivity contribution >= 4 is 0 Å². The third-order valence-electron chi connectivity index (χ3n) is 4.32. The average Bonchev–Trinajstić information content (AvgIpc) is 2.72. The quantitative estimate of drug-likeness (QED) is 0.902. The molecule has 1 aliphatic heterocycles. The first-order valence-corrected chi connectivity index (χ1v) is 7.95. The Balaban J connectivity index is 1.98. The smallest absolute Gasteiger partial charge is 0.119 e. The van der Waals surface area contributed by atoms with Crippen molar-refractivity contribution in [3.05, 3.63) is 29.8 Å². The van der Waals surface area contributed by atoms with E-state index in [0.717, 1.165) is 43.9 Å². The van der Waals surface area contributed by atoms with Gasteiger partial charge >= 0.3 is 0 Å². The Morgan fingerprint density at radius 2 is 1.86 bits per heavy atom. The van der Waals surface area contributed by atoms with Crippen LogP contribution >= 0.6 is 0 Å². The molecule has 21 heavy (non-hydrogen) atoms. The first kappa shape index (κ1) is 16.3. The molecule has 0 spiro atoms. The summed E-state index contributed by atoms with van der Waals surface area (Å²) in [5.74, 6) is 0.859. The summed E-state index contributed by atoms with van der Waals surface area (Å²) in [7, 11) is 2.16. The van der Waals surface area contributed by atoms with Gasteiger partial charge in [0.1, 0.15) is 5.75 Å². The third-order valence-corrected chi connectivity index (χ3v) is 4.32. The average molecular weight is 292 g/mol. The largest absolute Gasteiger partial charge is 0.494 e. The van der Waals surface area contributed by atoms with Gasteiger partial charge in [0, 0.05) is 19.1 Å². The Kier molecular flexibility index (Phi) is 6.03.